The SMILES string of the molecule is CC1(C)c2ccccc2-c2cc3c(cc21)-c1cccc(Br)c1C3(C)C. The fourth-order valence-electron chi connectivity index (χ4n) is 5.01. The maximum atomic E-state index is 3.80. The normalized spacial score (nSPS) is 17.6. The third-order valence-electron chi connectivity index (χ3n) is 6.32. The number of halogens is 1. The minimum Gasteiger partial charge on any atom is -0.0619 e. The van der Waals surface area contributed by atoms with Crippen molar-refractivity contribution in [3.05, 3.63) is 81.3 Å². The van der Waals surface area contributed by atoms with E-state index in [2.05, 4.69) is 98.2 Å². The van der Waals surface area contributed by atoms with E-state index in [0.717, 1.165) is 0 Å². The summed E-state index contributed by atoms with van der Waals surface area (Å²) in [4.78, 5) is 0. The Kier molecular flexibility index (Phi) is 2.86. The highest BCUT2D eigenvalue weighted by Crippen LogP contribution is 2.56. The summed E-state index contributed by atoms with van der Waals surface area (Å²) in [5, 5.41) is 0. The predicted octanol–water partition coefficient (Wildman–Crippen LogP) is 7.06. The molecule has 0 unspecified atom stereocenters. The van der Waals surface area contributed by atoms with Crippen molar-refractivity contribution in [1.82, 2.24) is 0 Å². The molecule has 0 radical (unpaired) electrons. The molecule has 0 nitrogen and oxygen atoms in total. The summed E-state index contributed by atoms with van der Waals surface area (Å²) in [6.45, 7) is 9.40. The fraction of sp³-hybridized carbons (Fsp3) is 0.250. The molecule has 3 aromatic carbocycles. The van der Waals surface area contributed by atoms with Crippen molar-refractivity contribution < 1.29 is 0 Å². The van der Waals surface area contributed by atoms with Crippen LogP contribution in [0.1, 0.15) is 49.9 Å². The van der Waals surface area contributed by atoms with Crippen LogP contribution >= 0.6 is 15.9 Å². The number of benzene rings is 3. The minimum atomic E-state index is 0.0153. The predicted molar refractivity (Wildman–Crippen MR) is 109 cm³/mol. The van der Waals surface area contributed by atoms with Crippen molar-refractivity contribution in [1.29, 1.82) is 0 Å². The first-order chi connectivity index (χ1) is 11.8. The molecule has 0 bridgehead atoms. The van der Waals surface area contributed by atoms with Crippen molar-refractivity contribution in [2.75, 3.05) is 0 Å². The van der Waals surface area contributed by atoms with E-state index in [9.17, 15) is 0 Å². The van der Waals surface area contributed by atoms with Gasteiger partial charge in [0.25, 0.3) is 0 Å². The Morgan fingerprint density at radius 2 is 1.20 bits per heavy atom. The summed E-state index contributed by atoms with van der Waals surface area (Å²) in [6, 6.07) is 20.4. The van der Waals surface area contributed by atoms with Gasteiger partial charge in [0.1, 0.15) is 0 Å². The van der Waals surface area contributed by atoms with Gasteiger partial charge in [-0.15, -0.1) is 0 Å². The minimum absolute atomic E-state index is 0.0153. The van der Waals surface area contributed by atoms with Gasteiger partial charge in [-0.2, -0.15) is 0 Å². The lowest BCUT2D eigenvalue weighted by atomic mass is 9.79. The number of hydrogen-bond acceptors (Lipinski definition) is 0. The van der Waals surface area contributed by atoms with Gasteiger partial charge in [-0.3, -0.25) is 0 Å². The third-order valence-corrected chi connectivity index (χ3v) is 6.98. The lowest BCUT2D eigenvalue weighted by Crippen LogP contribution is -2.17. The largest absolute Gasteiger partial charge is 0.0619 e. The lowest BCUT2D eigenvalue weighted by molar-refractivity contribution is 0.650. The van der Waals surface area contributed by atoms with E-state index in [1.807, 2.05) is 0 Å². The van der Waals surface area contributed by atoms with Crippen LogP contribution in [0.15, 0.2) is 59.1 Å². The molecular formula is C24H21Br. The first-order valence-corrected chi connectivity index (χ1v) is 9.71. The van der Waals surface area contributed by atoms with E-state index >= 15 is 0 Å². The molecule has 0 spiro atoms. The zero-order valence-electron chi connectivity index (χ0n) is 15.1. The molecule has 5 rings (SSSR count). The standard InChI is InChI=1S/C24H21Br/c1-23(2)18-10-6-5-8-14(18)16-12-20-17(13-19(16)23)15-9-7-11-21(25)22(15)24(20,3)4/h5-13H,1-4H3. The van der Waals surface area contributed by atoms with Gasteiger partial charge in [-0.05, 0) is 62.7 Å². The maximum Gasteiger partial charge on any atom is 0.0222 e. The zero-order valence-corrected chi connectivity index (χ0v) is 16.7. The average Bonchev–Trinajstić information content (AvgIpc) is 2.95. The Balaban J connectivity index is 1.88. The van der Waals surface area contributed by atoms with Crippen LogP contribution in [0.5, 0.6) is 0 Å². The smallest absolute Gasteiger partial charge is 0.0222 e. The molecule has 0 aromatic heterocycles. The van der Waals surface area contributed by atoms with Crippen LogP contribution in [-0.4, -0.2) is 0 Å². The molecule has 0 heterocycles. The number of rotatable bonds is 0. The molecule has 0 amide bonds. The van der Waals surface area contributed by atoms with Gasteiger partial charge < -0.3 is 0 Å². The third kappa shape index (κ3) is 1.77. The summed E-state index contributed by atoms with van der Waals surface area (Å²) < 4.78 is 1.21. The molecule has 0 saturated heterocycles. The van der Waals surface area contributed by atoms with Crippen molar-refractivity contribution >= 4 is 15.9 Å². The van der Waals surface area contributed by atoms with Crippen LogP contribution in [0.4, 0.5) is 0 Å². The van der Waals surface area contributed by atoms with Crippen LogP contribution in [0.3, 0.4) is 0 Å². The van der Waals surface area contributed by atoms with Gasteiger partial charge in [0.15, 0.2) is 0 Å². The summed E-state index contributed by atoms with van der Waals surface area (Å²) in [5.74, 6) is 0. The monoisotopic (exact) mass is 388 g/mol. The van der Waals surface area contributed by atoms with Crippen LogP contribution < -0.4 is 0 Å². The van der Waals surface area contributed by atoms with Gasteiger partial charge in [-0.1, -0.05) is 80.0 Å². The molecule has 2 aliphatic rings. The van der Waals surface area contributed by atoms with Gasteiger partial charge >= 0.3 is 0 Å². The first-order valence-electron chi connectivity index (χ1n) is 8.92. The van der Waals surface area contributed by atoms with Crippen LogP contribution in [-0.2, 0) is 10.8 Å². The second kappa shape index (κ2) is 4.65. The fourth-order valence-corrected chi connectivity index (χ4v) is 5.87. The molecule has 2 aliphatic carbocycles. The molecule has 25 heavy (non-hydrogen) atoms. The summed E-state index contributed by atoms with van der Waals surface area (Å²) >= 11 is 3.80. The zero-order chi connectivity index (χ0) is 17.6. The van der Waals surface area contributed by atoms with Gasteiger partial charge in [0.05, 0.1) is 0 Å². The van der Waals surface area contributed by atoms with Gasteiger partial charge in [0.2, 0.25) is 0 Å². The van der Waals surface area contributed by atoms with Crippen LogP contribution in [0, 0.1) is 0 Å². The average molecular weight is 389 g/mol. The highest BCUT2D eigenvalue weighted by atomic mass is 79.9. The lowest BCUT2D eigenvalue weighted by Gasteiger charge is -2.24. The molecule has 0 saturated carbocycles. The quantitative estimate of drug-likeness (QED) is 0.386. The Labute approximate surface area is 158 Å². The molecule has 0 fully saturated rings. The Morgan fingerprint density at radius 1 is 0.600 bits per heavy atom. The van der Waals surface area contributed by atoms with E-state index in [4.69, 9.17) is 0 Å². The van der Waals surface area contributed by atoms with Gasteiger partial charge in [0, 0.05) is 15.3 Å². The second-order valence-electron chi connectivity index (χ2n) is 8.40. The summed E-state index contributed by atoms with van der Waals surface area (Å²) in [7, 11) is 0. The van der Waals surface area contributed by atoms with E-state index in [1.54, 1.807) is 0 Å². The van der Waals surface area contributed by atoms with Crippen molar-refractivity contribution in [3.63, 3.8) is 0 Å². The molecule has 1 heteroatoms. The van der Waals surface area contributed by atoms with Crippen molar-refractivity contribution in [2.45, 2.75) is 38.5 Å². The second-order valence-corrected chi connectivity index (χ2v) is 9.26. The summed E-state index contributed by atoms with van der Waals surface area (Å²) in [6.07, 6.45) is 0. The number of fused-ring (bicyclic) bond motifs is 6. The van der Waals surface area contributed by atoms with Crippen molar-refractivity contribution in [2.24, 2.45) is 0 Å². The molecule has 0 atom stereocenters. The Hall–Kier alpha value is -1.86. The molecule has 124 valence electrons. The van der Waals surface area contributed by atoms with E-state index in [0.29, 0.717) is 0 Å². The highest BCUT2D eigenvalue weighted by molar-refractivity contribution is 9.10. The Morgan fingerprint density at radius 3 is 1.96 bits per heavy atom. The van der Waals surface area contributed by atoms with Crippen LogP contribution in [0.25, 0.3) is 22.3 Å². The van der Waals surface area contributed by atoms with Crippen molar-refractivity contribution in [3.8, 4) is 22.3 Å². The molecule has 0 N–H and O–H groups in total. The molecular weight excluding hydrogens is 368 g/mol. The van der Waals surface area contributed by atoms with E-state index < -0.39 is 0 Å². The van der Waals surface area contributed by atoms with E-state index in [1.165, 1.54) is 49.0 Å². The van der Waals surface area contributed by atoms with Crippen LogP contribution in [0.2, 0.25) is 0 Å². The maximum absolute atomic E-state index is 3.80. The topological polar surface area (TPSA) is 0 Å². The number of hydrogen-bond donors (Lipinski definition) is 0. The molecule has 0 aliphatic heterocycles. The van der Waals surface area contributed by atoms with Gasteiger partial charge in [-0.25, -0.2) is 0 Å². The Bertz CT molecular complexity index is 1050. The van der Waals surface area contributed by atoms with E-state index in [-0.39, 0.29) is 10.8 Å². The highest BCUT2D eigenvalue weighted by Gasteiger charge is 2.42. The summed E-state index contributed by atoms with van der Waals surface area (Å²) in [5.41, 5.74) is 11.4. The molecule has 3 aromatic rings. The first kappa shape index (κ1) is 15.4.